The SMILES string of the molecule is Cc1ccc(CN2CCCC2)cc1NC(=O)C1CCCC1O. The van der Waals surface area contributed by atoms with Crippen LogP contribution in [-0.4, -0.2) is 35.1 Å². The molecule has 2 unspecified atom stereocenters. The number of aliphatic hydroxyl groups excluding tert-OH is 1. The van der Waals surface area contributed by atoms with Crippen molar-refractivity contribution < 1.29 is 9.90 Å². The van der Waals surface area contributed by atoms with E-state index in [0.29, 0.717) is 0 Å². The van der Waals surface area contributed by atoms with Crippen molar-refractivity contribution in [3.05, 3.63) is 29.3 Å². The smallest absolute Gasteiger partial charge is 0.230 e. The first kappa shape index (κ1) is 15.5. The number of aryl methyl sites for hydroxylation is 1. The van der Waals surface area contributed by atoms with Crippen LogP contribution in [0.3, 0.4) is 0 Å². The number of carbonyl (C=O) groups excluding carboxylic acids is 1. The predicted octanol–water partition coefficient (Wildman–Crippen LogP) is 2.69. The molecule has 4 nitrogen and oxygen atoms in total. The van der Waals surface area contributed by atoms with E-state index in [-0.39, 0.29) is 11.8 Å². The molecule has 1 saturated carbocycles. The minimum Gasteiger partial charge on any atom is -0.392 e. The van der Waals surface area contributed by atoms with E-state index < -0.39 is 6.10 Å². The van der Waals surface area contributed by atoms with Gasteiger partial charge in [0.1, 0.15) is 0 Å². The number of hydrogen-bond acceptors (Lipinski definition) is 3. The molecule has 22 heavy (non-hydrogen) atoms. The van der Waals surface area contributed by atoms with Crippen molar-refractivity contribution in [2.75, 3.05) is 18.4 Å². The van der Waals surface area contributed by atoms with Crippen LogP contribution in [0, 0.1) is 12.8 Å². The summed E-state index contributed by atoms with van der Waals surface area (Å²) in [7, 11) is 0. The van der Waals surface area contributed by atoms with E-state index in [9.17, 15) is 9.90 Å². The van der Waals surface area contributed by atoms with Crippen molar-refractivity contribution >= 4 is 11.6 Å². The van der Waals surface area contributed by atoms with Gasteiger partial charge in [-0.05, 0) is 69.3 Å². The second-order valence-electron chi connectivity index (χ2n) is 6.73. The Morgan fingerprint density at radius 2 is 2.05 bits per heavy atom. The largest absolute Gasteiger partial charge is 0.392 e. The highest BCUT2D eigenvalue weighted by molar-refractivity contribution is 5.93. The third-order valence-corrected chi connectivity index (χ3v) is 4.98. The lowest BCUT2D eigenvalue weighted by Crippen LogP contribution is -2.29. The van der Waals surface area contributed by atoms with Crippen LogP contribution in [0.4, 0.5) is 5.69 Å². The quantitative estimate of drug-likeness (QED) is 0.899. The van der Waals surface area contributed by atoms with Crippen LogP contribution >= 0.6 is 0 Å². The maximum Gasteiger partial charge on any atom is 0.230 e. The summed E-state index contributed by atoms with van der Waals surface area (Å²) in [5, 5.41) is 12.9. The average molecular weight is 302 g/mol. The van der Waals surface area contributed by atoms with Gasteiger partial charge in [-0.1, -0.05) is 12.1 Å². The number of aliphatic hydroxyl groups is 1. The molecule has 2 atom stereocenters. The maximum absolute atomic E-state index is 12.4. The number of anilines is 1. The fourth-order valence-corrected chi connectivity index (χ4v) is 3.57. The van der Waals surface area contributed by atoms with Gasteiger partial charge in [0.05, 0.1) is 12.0 Å². The van der Waals surface area contributed by atoms with Crippen molar-refractivity contribution in [3.63, 3.8) is 0 Å². The summed E-state index contributed by atoms with van der Waals surface area (Å²) < 4.78 is 0. The fraction of sp³-hybridized carbons (Fsp3) is 0.611. The Bertz CT molecular complexity index is 538. The summed E-state index contributed by atoms with van der Waals surface area (Å²) in [5.41, 5.74) is 3.21. The van der Waals surface area contributed by atoms with E-state index in [2.05, 4.69) is 28.4 Å². The van der Waals surface area contributed by atoms with Gasteiger partial charge in [-0.2, -0.15) is 0 Å². The molecule has 1 aliphatic carbocycles. The maximum atomic E-state index is 12.4. The zero-order valence-corrected chi connectivity index (χ0v) is 13.3. The summed E-state index contributed by atoms with van der Waals surface area (Å²) >= 11 is 0. The minimum atomic E-state index is -0.479. The highest BCUT2D eigenvalue weighted by Gasteiger charge is 2.31. The van der Waals surface area contributed by atoms with Crippen LogP contribution in [0.1, 0.15) is 43.2 Å². The number of hydrogen-bond donors (Lipinski definition) is 2. The molecule has 0 aromatic heterocycles. The molecule has 1 aromatic carbocycles. The van der Waals surface area contributed by atoms with Crippen LogP contribution in [0.15, 0.2) is 18.2 Å². The van der Waals surface area contributed by atoms with Gasteiger partial charge in [-0.3, -0.25) is 9.69 Å². The van der Waals surface area contributed by atoms with Gasteiger partial charge in [0.15, 0.2) is 0 Å². The highest BCUT2D eigenvalue weighted by Crippen LogP contribution is 2.28. The minimum absolute atomic E-state index is 0.0357. The fourth-order valence-electron chi connectivity index (χ4n) is 3.57. The zero-order valence-electron chi connectivity index (χ0n) is 13.3. The first-order valence-electron chi connectivity index (χ1n) is 8.44. The van der Waals surface area contributed by atoms with Gasteiger partial charge in [0.2, 0.25) is 5.91 Å². The molecule has 1 aromatic rings. The van der Waals surface area contributed by atoms with Gasteiger partial charge in [-0.25, -0.2) is 0 Å². The van der Waals surface area contributed by atoms with Gasteiger partial charge in [-0.15, -0.1) is 0 Å². The van der Waals surface area contributed by atoms with Gasteiger partial charge in [0, 0.05) is 12.2 Å². The molecule has 1 amide bonds. The second kappa shape index (κ2) is 6.80. The zero-order chi connectivity index (χ0) is 15.5. The van der Waals surface area contributed by atoms with Crippen molar-refractivity contribution in [1.82, 2.24) is 4.90 Å². The standard InChI is InChI=1S/C18H26N2O2/c1-13-7-8-14(12-20-9-2-3-10-20)11-16(13)19-18(22)15-5-4-6-17(15)21/h7-8,11,15,17,21H,2-6,9-10,12H2,1H3,(H,19,22). The number of nitrogens with one attached hydrogen (secondary N) is 1. The molecular weight excluding hydrogens is 276 g/mol. The number of carbonyl (C=O) groups is 1. The monoisotopic (exact) mass is 302 g/mol. The van der Waals surface area contributed by atoms with E-state index in [1.54, 1.807) is 0 Å². The summed E-state index contributed by atoms with van der Waals surface area (Å²) in [6.45, 7) is 5.31. The first-order chi connectivity index (χ1) is 10.6. The summed E-state index contributed by atoms with van der Waals surface area (Å²) in [4.78, 5) is 14.8. The Hall–Kier alpha value is -1.39. The molecule has 0 bridgehead atoms. The lowest BCUT2D eigenvalue weighted by molar-refractivity contribution is -0.122. The molecule has 2 aliphatic rings. The van der Waals surface area contributed by atoms with Crippen molar-refractivity contribution in [1.29, 1.82) is 0 Å². The summed E-state index contributed by atoms with van der Waals surface area (Å²) in [6, 6.07) is 6.31. The van der Waals surface area contributed by atoms with Crippen LogP contribution in [-0.2, 0) is 11.3 Å². The Morgan fingerprint density at radius 3 is 2.73 bits per heavy atom. The Morgan fingerprint density at radius 1 is 1.27 bits per heavy atom. The number of likely N-dealkylation sites (tertiary alicyclic amines) is 1. The lowest BCUT2D eigenvalue weighted by Gasteiger charge is -2.18. The van der Waals surface area contributed by atoms with Crippen LogP contribution in [0.25, 0.3) is 0 Å². The van der Waals surface area contributed by atoms with E-state index in [1.165, 1.54) is 31.5 Å². The van der Waals surface area contributed by atoms with Crippen LogP contribution < -0.4 is 5.32 Å². The number of rotatable bonds is 4. The molecule has 1 saturated heterocycles. The molecule has 4 heteroatoms. The molecular formula is C18H26N2O2. The van der Waals surface area contributed by atoms with Gasteiger partial charge >= 0.3 is 0 Å². The van der Waals surface area contributed by atoms with Crippen molar-refractivity contribution in [2.24, 2.45) is 5.92 Å². The van der Waals surface area contributed by atoms with Crippen molar-refractivity contribution in [2.45, 2.75) is 51.7 Å². The molecule has 120 valence electrons. The van der Waals surface area contributed by atoms with Crippen LogP contribution in [0.2, 0.25) is 0 Å². The van der Waals surface area contributed by atoms with E-state index >= 15 is 0 Å². The van der Waals surface area contributed by atoms with E-state index in [1.807, 2.05) is 6.92 Å². The van der Waals surface area contributed by atoms with Crippen molar-refractivity contribution in [3.8, 4) is 0 Å². The van der Waals surface area contributed by atoms with E-state index in [0.717, 1.165) is 37.1 Å². The Balaban J connectivity index is 1.68. The molecule has 1 heterocycles. The molecule has 1 aliphatic heterocycles. The molecule has 0 spiro atoms. The average Bonchev–Trinajstić information content (AvgIpc) is 3.14. The van der Waals surface area contributed by atoms with Crippen LogP contribution in [0.5, 0.6) is 0 Å². The number of amides is 1. The normalized spacial score (nSPS) is 25.5. The summed E-state index contributed by atoms with van der Waals surface area (Å²) in [6.07, 6.45) is 4.57. The lowest BCUT2D eigenvalue weighted by atomic mass is 10.0. The number of benzene rings is 1. The molecule has 3 rings (SSSR count). The third kappa shape index (κ3) is 3.50. The Labute approximate surface area is 132 Å². The topological polar surface area (TPSA) is 52.6 Å². The third-order valence-electron chi connectivity index (χ3n) is 4.98. The number of nitrogens with zero attached hydrogens (tertiary/aromatic N) is 1. The molecule has 0 radical (unpaired) electrons. The van der Waals surface area contributed by atoms with Gasteiger partial charge < -0.3 is 10.4 Å². The second-order valence-corrected chi connectivity index (χ2v) is 6.73. The Kier molecular flexibility index (Phi) is 4.79. The summed E-state index contributed by atoms with van der Waals surface area (Å²) in [5.74, 6) is -0.284. The van der Waals surface area contributed by atoms with E-state index in [4.69, 9.17) is 0 Å². The molecule has 2 N–H and O–H groups in total. The van der Waals surface area contributed by atoms with Gasteiger partial charge in [0.25, 0.3) is 0 Å². The molecule has 2 fully saturated rings. The predicted molar refractivity (Wildman–Crippen MR) is 87.7 cm³/mol. The first-order valence-corrected chi connectivity index (χ1v) is 8.44. The highest BCUT2D eigenvalue weighted by atomic mass is 16.3.